The van der Waals surface area contributed by atoms with Crippen molar-refractivity contribution in [1.29, 1.82) is 0 Å². The van der Waals surface area contributed by atoms with Gasteiger partial charge in [-0.25, -0.2) is 0 Å². The van der Waals surface area contributed by atoms with E-state index in [-0.39, 0.29) is 17.8 Å². The van der Waals surface area contributed by atoms with E-state index in [1.165, 1.54) is 0 Å². The van der Waals surface area contributed by atoms with Crippen molar-refractivity contribution >= 4 is 16.9 Å². The van der Waals surface area contributed by atoms with Gasteiger partial charge in [0.15, 0.2) is 16.7 Å². The van der Waals surface area contributed by atoms with Gasteiger partial charge in [-0.2, -0.15) is 0 Å². The number of amidine groups is 1. The molecule has 3 heterocycles. The molecule has 0 aliphatic carbocycles. The number of pyridine rings is 1. The first kappa shape index (κ1) is 17.2. The molecular weight excluding hydrogens is 346 g/mol. The molecule has 3 atom stereocenters. The van der Waals surface area contributed by atoms with Gasteiger partial charge >= 0.3 is 0 Å². The monoisotopic (exact) mass is 369 g/mol. The topological polar surface area (TPSA) is 58.0 Å². The second kappa shape index (κ2) is 7.19. The number of ether oxygens (including phenoxy) is 1. The van der Waals surface area contributed by atoms with Crippen LogP contribution in [0.1, 0.15) is 43.6 Å². The third-order valence-corrected chi connectivity index (χ3v) is 6.08. The Bertz CT molecular complexity index is 812. The number of hydrogen-bond acceptors (Lipinski definition) is 6. The van der Waals surface area contributed by atoms with Crippen LogP contribution < -0.4 is 4.74 Å². The Morgan fingerprint density at radius 1 is 1.27 bits per heavy atom. The fraction of sp³-hybridized carbons (Fsp3) is 0.400. The summed E-state index contributed by atoms with van der Waals surface area (Å²) in [5.41, 5.74) is 2.07. The molecule has 0 radical (unpaired) electrons. The predicted octanol–water partition coefficient (Wildman–Crippen LogP) is 4.17. The molecule has 1 fully saturated rings. The van der Waals surface area contributed by atoms with Gasteiger partial charge in [-0.05, 0) is 43.2 Å². The first-order valence-corrected chi connectivity index (χ1v) is 10.1. The van der Waals surface area contributed by atoms with E-state index in [1.807, 2.05) is 55.2 Å². The minimum Gasteiger partial charge on any atom is -0.504 e. The third-order valence-electron chi connectivity index (χ3n) is 4.95. The SMILES string of the molecule is CCOc1cc([C@@H]2[C@@H](c3ccccn3)N=C3SC[C@@H](CC)N32)ccc1O. The molecule has 0 amide bonds. The number of benzene rings is 1. The maximum atomic E-state index is 10.1. The lowest BCUT2D eigenvalue weighted by atomic mass is 9.95. The van der Waals surface area contributed by atoms with Crippen molar-refractivity contribution in [1.82, 2.24) is 9.88 Å². The average Bonchev–Trinajstić information content (AvgIpc) is 3.23. The molecule has 5 nitrogen and oxygen atoms in total. The molecule has 2 aliphatic rings. The number of phenolic OH excluding ortho intramolecular Hbond substituents is 1. The summed E-state index contributed by atoms with van der Waals surface area (Å²) in [7, 11) is 0. The largest absolute Gasteiger partial charge is 0.504 e. The molecule has 1 aromatic carbocycles. The predicted molar refractivity (Wildman–Crippen MR) is 105 cm³/mol. The molecule has 4 rings (SSSR count). The van der Waals surface area contributed by atoms with E-state index in [9.17, 15) is 5.11 Å². The number of aliphatic imine (C=N–C) groups is 1. The quantitative estimate of drug-likeness (QED) is 0.857. The van der Waals surface area contributed by atoms with Gasteiger partial charge in [-0.1, -0.05) is 30.8 Å². The van der Waals surface area contributed by atoms with Gasteiger partial charge in [0.1, 0.15) is 6.04 Å². The highest BCUT2D eigenvalue weighted by molar-refractivity contribution is 8.14. The standard InChI is InChI=1S/C20H23N3O2S/c1-3-14-12-26-20-22-18(15-7-5-6-10-21-15)19(23(14)20)13-8-9-16(24)17(11-13)25-4-2/h5-11,14,18-19,24H,3-4,12H2,1-2H3/t14-,18-,19-/m1/s1. The van der Waals surface area contributed by atoms with E-state index < -0.39 is 0 Å². The first-order chi connectivity index (χ1) is 12.7. The van der Waals surface area contributed by atoms with E-state index >= 15 is 0 Å². The van der Waals surface area contributed by atoms with Crippen LogP contribution in [0, 0.1) is 0 Å². The Morgan fingerprint density at radius 2 is 2.15 bits per heavy atom. The van der Waals surface area contributed by atoms with E-state index in [2.05, 4.69) is 16.8 Å². The number of aromatic hydroxyl groups is 1. The number of aromatic nitrogens is 1. The molecule has 136 valence electrons. The number of fused-ring (bicyclic) bond motifs is 1. The van der Waals surface area contributed by atoms with Crippen molar-refractivity contribution in [3.63, 3.8) is 0 Å². The van der Waals surface area contributed by atoms with Gasteiger partial charge in [0.05, 0.1) is 18.3 Å². The lowest BCUT2D eigenvalue weighted by Crippen LogP contribution is -2.35. The number of hydrogen-bond donors (Lipinski definition) is 1. The van der Waals surface area contributed by atoms with E-state index in [0.29, 0.717) is 18.4 Å². The highest BCUT2D eigenvalue weighted by atomic mass is 32.2. The summed E-state index contributed by atoms with van der Waals surface area (Å²) in [6.07, 6.45) is 2.90. The number of rotatable bonds is 5. The van der Waals surface area contributed by atoms with Crippen LogP contribution in [0.4, 0.5) is 0 Å². The average molecular weight is 369 g/mol. The van der Waals surface area contributed by atoms with E-state index in [1.54, 1.807) is 6.07 Å². The molecule has 0 saturated carbocycles. The van der Waals surface area contributed by atoms with Crippen LogP contribution in [-0.4, -0.2) is 38.6 Å². The zero-order valence-corrected chi connectivity index (χ0v) is 15.8. The minimum absolute atomic E-state index is 0.0490. The van der Waals surface area contributed by atoms with Crippen LogP contribution >= 0.6 is 11.8 Å². The molecule has 0 unspecified atom stereocenters. The van der Waals surface area contributed by atoms with E-state index in [0.717, 1.165) is 28.6 Å². The summed E-state index contributed by atoms with van der Waals surface area (Å²) in [5, 5.41) is 11.2. The number of thioether (sulfide) groups is 1. The zero-order valence-electron chi connectivity index (χ0n) is 15.0. The third kappa shape index (κ3) is 2.92. The van der Waals surface area contributed by atoms with Crippen LogP contribution in [-0.2, 0) is 0 Å². The minimum atomic E-state index is -0.0490. The van der Waals surface area contributed by atoms with E-state index in [4.69, 9.17) is 9.73 Å². The molecule has 1 aromatic heterocycles. The molecule has 26 heavy (non-hydrogen) atoms. The van der Waals surface area contributed by atoms with Crippen molar-refractivity contribution in [2.75, 3.05) is 12.4 Å². The van der Waals surface area contributed by atoms with Crippen molar-refractivity contribution in [2.45, 2.75) is 38.4 Å². The van der Waals surface area contributed by atoms with Gasteiger partial charge in [-0.15, -0.1) is 0 Å². The molecule has 2 aliphatic heterocycles. The second-order valence-electron chi connectivity index (χ2n) is 6.50. The van der Waals surface area contributed by atoms with Crippen LogP contribution in [0.2, 0.25) is 0 Å². The molecule has 6 heteroatoms. The van der Waals surface area contributed by atoms with Crippen molar-refractivity contribution in [3.8, 4) is 11.5 Å². The van der Waals surface area contributed by atoms with Gasteiger partial charge in [0.25, 0.3) is 0 Å². The van der Waals surface area contributed by atoms with Crippen molar-refractivity contribution in [3.05, 3.63) is 53.9 Å². The Morgan fingerprint density at radius 3 is 2.88 bits per heavy atom. The lowest BCUT2D eigenvalue weighted by Gasteiger charge is -2.32. The summed E-state index contributed by atoms with van der Waals surface area (Å²) in [4.78, 5) is 12.0. The van der Waals surface area contributed by atoms with Crippen LogP contribution in [0.25, 0.3) is 0 Å². The summed E-state index contributed by atoms with van der Waals surface area (Å²) >= 11 is 1.83. The van der Waals surface area contributed by atoms with Crippen molar-refractivity contribution < 1.29 is 9.84 Å². The molecule has 0 bridgehead atoms. The molecular formula is C20H23N3O2S. The molecule has 2 aromatic rings. The number of phenols is 1. The summed E-state index contributed by atoms with van der Waals surface area (Å²) in [6, 6.07) is 12.1. The lowest BCUT2D eigenvalue weighted by molar-refractivity contribution is 0.253. The summed E-state index contributed by atoms with van der Waals surface area (Å²) in [5.74, 6) is 1.77. The summed E-state index contributed by atoms with van der Waals surface area (Å²) < 4.78 is 5.62. The Labute approximate surface area is 158 Å². The van der Waals surface area contributed by atoms with Gasteiger partial charge < -0.3 is 14.7 Å². The van der Waals surface area contributed by atoms with Crippen LogP contribution in [0.15, 0.2) is 47.6 Å². The Hall–Kier alpha value is -2.21. The maximum absolute atomic E-state index is 10.1. The highest BCUT2D eigenvalue weighted by Crippen LogP contribution is 2.49. The molecule has 1 saturated heterocycles. The van der Waals surface area contributed by atoms with Crippen LogP contribution in [0.5, 0.6) is 11.5 Å². The smallest absolute Gasteiger partial charge is 0.161 e. The van der Waals surface area contributed by atoms with Crippen LogP contribution in [0.3, 0.4) is 0 Å². The Kier molecular flexibility index (Phi) is 4.76. The second-order valence-corrected chi connectivity index (χ2v) is 7.48. The van der Waals surface area contributed by atoms with Gasteiger partial charge in [0.2, 0.25) is 0 Å². The molecule has 1 N–H and O–H groups in total. The fourth-order valence-electron chi connectivity index (χ4n) is 3.70. The van der Waals surface area contributed by atoms with Gasteiger partial charge in [0, 0.05) is 18.0 Å². The fourth-order valence-corrected chi connectivity index (χ4v) is 5.03. The number of nitrogens with zero attached hydrogens (tertiary/aromatic N) is 3. The highest BCUT2D eigenvalue weighted by Gasteiger charge is 2.45. The summed E-state index contributed by atoms with van der Waals surface area (Å²) in [6.45, 7) is 4.66. The maximum Gasteiger partial charge on any atom is 0.161 e. The first-order valence-electron chi connectivity index (χ1n) is 9.08. The Balaban J connectivity index is 1.78. The van der Waals surface area contributed by atoms with Crippen molar-refractivity contribution in [2.24, 2.45) is 4.99 Å². The zero-order chi connectivity index (χ0) is 18.1. The molecule has 0 spiro atoms. The van der Waals surface area contributed by atoms with Gasteiger partial charge in [-0.3, -0.25) is 9.98 Å². The normalized spacial score (nSPS) is 24.5.